The summed E-state index contributed by atoms with van der Waals surface area (Å²) in [5.41, 5.74) is 3.35. The second-order valence-electron chi connectivity index (χ2n) is 6.37. The molecule has 25 heavy (non-hydrogen) atoms. The van der Waals surface area contributed by atoms with E-state index in [0.29, 0.717) is 10.0 Å². The van der Waals surface area contributed by atoms with Crippen molar-refractivity contribution in [1.29, 1.82) is 0 Å². The van der Waals surface area contributed by atoms with Gasteiger partial charge < -0.3 is 10.2 Å². The number of hydrogen-bond donors (Lipinski definition) is 1. The van der Waals surface area contributed by atoms with Gasteiger partial charge >= 0.3 is 0 Å². The van der Waals surface area contributed by atoms with Crippen LogP contribution in [0.4, 0.5) is 11.5 Å². The summed E-state index contributed by atoms with van der Waals surface area (Å²) in [6.07, 6.45) is 4.30. The lowest BCUT2D eigenvalue weighted by Crippen LogP contribution is -2.20. The summed E-state index contributed by atoms with van der Waals surface area (Å²) in [5.74, 6) is 1.79. The molecule has 0 spiro atoms. The summed E-state index contributed by atoms with van der Waals surface area (Å²) < 4.78 is 0. The quantitative estimate of drug-likeness (QED) is 0.707. The average Bonchev–Trinajstić information content (AvgIpc) is 2.98. The van der Waals surface area contributed by atoms with Gasteiger partial charge in [0.15, 0.2) is 0 Å². The SMILES string of the molecule is CCCCNCCc1nc(C)nc2c1CCN2c1ccc(Cl)cc1Cl. The summed E-state index contributed by atoms with van der Waals surface area (Å²) in [5, 5.41) is 4.79. The Morgan fingerprint density at radius 2 is 2.04 bits per heavy atom. The molecule has 3 rings (SSSR count). The molecule has 2 aromatic rings. The highest BCUT2D eigenvalue weighted by molar-refractivity contribution is 6.36. The molecule has 1 aliphatic heterocycles. The number of hydrogen-bond acceptors (Lipinski definition) is 4. The van der Waals surface area contributed by atoms with E-state index < -0.39 is 0 Å². The van der Waals surface area contributed by atoms with E-state index in [9.17, 15) is 0 Å². The Bertz CT molecular complexity index is 748. The van der Waals surface area contributed by atoms with Crippen LogP contribution in [0.2, 0.25) is 10.0 Å². The Balaban J connectivity index is 1.82. The molecule has 2 heterocycles. The Hall–Kier alpha value is -1.36. The fourth-order valence-electron chi connectivity index (χ4n) is 3.22. The molecule has 0 saturated heterocycles. The molecule has 0 radical (unpaired) electrons. The summed E-state index contributed by atoms with van der Waals surface area (Å²) in [7, 11) is 0. The van der Waals surface area contributed by atoms with Crippen molar-refractivity contribution in [2.45, 2.75) is 39.5 Å². The second kappa shape index (κ2) is 8.35. The first-order valence-corrected chi connectivity index (χ1v) is 9.65. The summed E-state index contributed by atoms with van der Waals surface area (Å²) in [4.78, 5) is 11.6. The van der Waals surface area contributed by atoms with Crippen molar-refractivity contribution >= 4 is 34.7 Å². The van der Waals surface area contributed by atoms with Crippen molar-refractivity contribution in [3.05, 3.63) is 45.3 Å². The van der Waals surface area contributed by atoms with Crippen molar-refractivity contribution in [3.63, 3.8) is 0 Å². The molecule has 0 fully saturated rings. The average molecular weight is 379 g/mol. The maximum absolute atomic E-state index is 6.41. The summed E-state index contributed by atoms with van der Waals surface area (Å²) in [6.45, 7) is 7.04. The number of unbranched alkanes of at least 4 members (excludes halogenated alkanes) is 1. The first kappa shape index (κ1) is 18.4. The summed E-state index contributed by atoms with van der Waals surface area (Å²) >= 11 is 12.4. The minimum absolute atomic E-state index is 0.644. The zero-order valence-corrected chi connectivity index (χ0v) is 16.3. The van der Waals surface area contributed by atoms with Crippen LogP contribution in [-0.4, -0.2) is 29.6 Å². The lowest BCUT2D eigenvalue weighted by Gasteiger charge is -2.20. The van der Waals surface area contributed by atoms with Gasteiger partial charge in [-0.3, -0.25) is 0 Å². The molecule has 4 nitrogen and oxygen atoms in total. The molecule has 6 heteroatoms. The number of benzene rings is 1. The zero-order valence-electron chi connectivity index (χ0n) is 14.8. The molecule has 1 aromatic heterocycles. The molecule has 134 valence electrons. The summed E-state index contributed by atoms with van der Waals surface area (Å²) in [6, 6.07) is 5.61. The highest BCUT2D eigenvalue weighted by atomic mass is 35.5. The predicted octanol–water partition coefficient (Wildman–Crippen LogP) is 4.72. The zero-order chi connectivity index (χ0) is 17.8. The van der Waals surface area contributed by atoms with Crippen LogP contribution in [-0.2, 0) is 12.8 Å². The lowest BCUT2D eigenvalue weighted by molar-refractivity contribution is 0.633. The number of anilines is 2. The molecule has 0 amide bonds. The maximum atomic E-state index is 6.41. The Morgan fingerprint density at radius 1 is 1.20 bits per heavy atom. The molecule has 0 aliphatic carbocycles. The number of nitrogens with zero attached hydrogens (tertiary/aromatic N) is 3. The number of rotatable bonds is 7. The van der Waals surface area contributed by atoms with Crippen molar-refractivity contribution in [2.24, 2.45) is 0 Å². The number of halogens is 2. The van der Waals surface area contributed by atoms with Crippen molar-refractivity contribution in [3.8, 4) is 0 Å². The molecule has 0 unspecified atom stereocenters. The van der Waals surface area contributed by atoms with E-state index in [2.05, 4.69) is 17.1 Å². The van der Waals surface area contributed by atoms with Gasteiger partial charge in [0.2, 0.25) is 0 Å². The smallest absolute Gasteiger partial charge is 0.140 e. The van der Waals surface area contributed by atoms with Gasteiger partial charge in [-0.15, -0.1) is 0 Å². The number of nitrogens with one attached hydrogen (secondary N) is 1. The third-order valence-electron chi connectivity index (χ3n) is 4.47. The minimum Gasteiger partial charge on any atom is -0.324 e. The fourth-order valence-corrected chi connectivity index (χ4v) is 3.73. The van der Waals surface area contributed by atoms with Crippen LogP contribution in [0.25, 0.3) is 0 Å². The van der Waals surface area contributed by atoms with Crippen LogP contribution >= 0.6 is 23.2 Å². The van der Waals surface area contributed by atoms with Gasteiger partial charge in [-0.2, -0.15) is 0 Å². The Labute approximate surface area is 159 Å². The minimum atomic E-state index is 0.644. The van der Waals surface area contributed by atoms with E-state index in [-0.39, 0.29) is 0 Å². The van der Waals surface area contributed by atoms with E-state index >= 15 is 0 Å². The molecule has 1 aromatic carbocycles. The standard InChI is InChI=1S/C19H24Cl2N4/c1-3-4-9-22-10-7-17-15-8-11-25(19(15)24-13(2)23-17)18-6-5-14(20)12-16(18)21/h5-6,12,22H,3-4,7-11H2,1-2H3. The van der Waals surface area contributed by atoms with Crippen LogP contribution in [0.1, 0.15) is 36.8 Å². The molecular weight excluding hydrogens is 355 g/mol. The predicted molar refractivity (Wildman–Crippen MR) is 105 cm³/mol. The van der Waals surface area contributed by atoms with Crippen molar-refractivity contribution in [2.75, 3.05) is 24.5 Å². The van der Waals surface area contributed by atoms with Crippen molar-refractivity contribution in [1.82, 2.24) is 15.3 Å². The number of aromatic nitrogens is 2. The highest BCUT2D eigenvalue weighted by Gasteiger charge is 2.27. The van der Waals surface area contributed by atoms with Gasteiger partial charge in [0, 0.05) is 30.1 Å². The Kier molecular flexibility index (Phi) is 6.15. The van der Waals surface area contributed by atoms with Crippen LogP contribution in [0, 0.1) is 6.92 Å². The van der Waals surface area contributed by atoms with Crippen molar-refractivity contribution < 1.29 is 0 Å². The molecule has 1 aliphatic rings. The molecule has 0 atom stereocenters. The fraction of sp³-hybridized carbons (Fsp3) is 0.474. The van der Waals surface area contributed by atoms with E-state index in [1.54, 1.807) is 6.07 Å². The van der Waals surface area contributed by atoms with E-state index in [1.807, 2.05) is 19.1 Å². The number of aryl methyl sites for hydroxylation is 1. The first-order valence-electron chi connectivity index (χ1n) is 8.90. The van der Waals surface area contributed by atoms with Gasteiger partial charge in [0.05, 0.1) is 16.4 Å². The van der Waals surface area contributed by atoms with Gasteiger partial charge in [-0.05, 0) is 44.5 Å². The van der Waals surface area contributed by atoms with E-state index in [1.165, 1.54) is 18.4 Å². The van der Waals surface area contributed by atoms with Crippen LogP contribution < -0.4 is 10.2 Å². The monoisotopic (exact) mass is 378 g/mol. The molecule has 0 bridgehead atoms. The third-order valence-corrected chi connectivity index (χ3v) is 5.01. The largest absolute Gasteiger partial charge is 0.324 e. The van der Waals surface area contributed by atoms with E-state index in [0.717, 1.165) is 55.5 Å². The lowest BCUT2D eigenvalue weighted by atomic mass is 10.1. The normalized spacial score (nSPS) is 13.4. The van der Waals surface area contributed by atoms with Gasteiger partial charge in [-0.1, -0.05) is 36.5 Å². The second-order valence-corrected chi connectivity index (χ2v) is 7.21. The first-order chi connectivity index (χ1) is 12.1. The van der Waals surface area contributed by atoms with Gasteiger partial charge in [0.1, 0.15) is 11.6 Å². The van der Waals surface area contributed by atoms with Gasteiger partial charge in [-0.25, -0.2) is 9.97 Å². The molecule has 1 N–H and O–H groups in total. The maximum Gasteiger partial charge on any atom is 0.140 e. The molecule has 0 saturated carbocycles. The third kappa shape index (κ3) is 4.25. The van der Waals surface area contributed by atoms with Crippen LogP contribution in [0.15, 0.2) is 18.2 Å². The van der Waals surface area contributed by atoms with Gasteiger partial charge in [0.25, 0.3) is 0 Å². The molecular formula is C19H24Cl2N4. The number of fused-ring (bicyclic) bond motifs is 1. The Morgan fingerprint density at radius 3 is 2.80 bits per heavy atom. The van der Waals surface area contributed by atoms with E-state index in [4.69, 9.17) is 33.2 Å². The van der Waals surface area contributed by atoms with Crippen LogP contribution in [0.3, 0.4) is 0 Å². The highest BCUT2D eigenvalue weighted by Crippen LogP contribution is 2.38. The van der Waals surface area contributed by atoms with Crippen LogP contribution in [0.5, 0.6) is 0 Å². The topological polar surface area (TPSA) is 41.1 Å².